The number of amides is 1. The second-order valence-corrected chi connectivity index (χ2v) is 16.6. The van der Waals surface area contributed by atoms with Crippen molar-refractivity contribution < 1.29 is 32.2 Å². The number of carbonyl (C=O) groups is 1. The van der Waals surface area contributed by atoms with Crippen LogP contribution in [0.5, 0.6) is 0 Å². The summed E-state index contributed by atoms with van der Waals surface area (Å²) < 4.78 is 64.0. The molecule has 2 atom stereocenters. The number of fused-ring (bicyclic) bond motifs is 1. The lowest BCUT2D eigenvalue weighted by Crippen LogP contribution is -2.49. The number of ether oxygens (including phenoxy) is 1. The van der Waals surface area contributed by atoms with Crippen molar-refractivity contribution in [3.05, 3.63) is 41.7 Å². The number of nitrogens with zero attached hydrogens (tertiary/aromatic N) is 5. The second kappa shape index (κ2) is 11.4. The number of nitriles is 1. The number of hydrogen-bond acceptors (Lipinski definition) is 6. The molecule has 3 heterocycles. The van der Waals surface area contributed by atoms with Gasteiger partial charge in [0.1, 0.15) is 18.5 Å². The number of alkyl halides is 4. The maximum Gasteiger partial charge on any atom is 0.419 e. The molecule has 0 saturated carbocycles. The standard InChI is InChI=1S/C26H30F4N6O3Si/c1-40(2,3)7-6-39-15-36-14-20(19-5-4-16(10-31)8-22(19)36)23-21(26(28,29)30)11-32-24(34-23)33-18-9-17(27)12-35(13-18)25(37)38/h4-5,8,11,14,17-18H,6-7,9,12-13,15H2,1-3H3,(H,37,38)(H,32,33,34). The highest BCUT2D eigenvalue weighted by Gasteiger charge is 2.37. The highest BCUT2D eigenvalue weighted by Crippen LogP contribution is 2.39. The molecular weight excluding hydrogens is 548 g/mol. The topological polar surface area (TPSA) is 116 Å². The third-order valence-corrected chi connectivity index (χ3v) is 8.29. The van der Waals surface area contributed by atoms with Crippen molar-refractivity contribution >= 4 is 31.0 Å². The number of hydrogen-bond donors (Lipinski definition) is 2. The molecule has 1 saturated heterocycles. The molecule has 0 spiro atoms. The van der Waals surface area contributed by atoms with Gasteiger partial charge in [-0.05, 0) is 18.2 Å². The van der Waals surface area contributed by atoms with Crippen molar-refractivity contribution in [2.24, 2.45) is 0 Å². The molecule has 1 aliphatic heterocycles. The summed E-state index contributed by atoms with van der Waals surface area (Å²) in [6.07, 6.45) is -5.39. The highest BCUT2D eigenvalue weighted by molar-refractivity contribution is 6.76. The predicted molar refractivity (Wildman–Crippen MR) is 143 cm³/mol. The number of anilines is 1. The normalized spacial score (nSPS) is 18.1. The smallest absolute Gasteiger partial charge is 0.419 e. The van der Waals surface area contributed by atoms with Gasteiger partial charge in [0.15, 0.2) is 0 Å². The van der Waals surface area contributed by atoms with Crippen LogP contribution in [-0.2, 0) is 17.6 Å². The number of halogens is 4. The molecule has 1 aromatic carbocycles. The number of aromatic nitrogens is 3. The Bertz CT molecular complexity index is 1430. The Morgan fingerprint density at radius 1 is 1.30 bits per heavy atom. The molecule has 0 bridgehead atoms. The average Bonchev–Trinajstić information content (AvgIpc) is 3.22. The van der Waals surface area contributed by atoms with Gasteiger partial charge in [0.2, 0.25) is 5.95 Å². The molecule has 14 heteroatoms. The van der Waals surface area contributed by atoms with Gasteiger partial charge in [-0.2, -0.15) is 18.4 Å². The largest absolute Gasteiger partial charge is 0.465 e. The molecule has 1 aliphatic rings. The van der Waals surface area contributed by atoms with Crippen LogP contribution in [0.2, 0.25) is 25.7 Å². The lowest BCUT2D eigenvalue weighted by atomic mass is 10.0. The summed E-state index contributed by atoms with van der Waals surface area (Å²) in [6, 6.07) is 6.88. The first-order valence-corrected chi connectivity index (χ1v) is 16.4. The lowest BCUT2D eigenvalue weighted by molar-refractivity contribution is -0.137. The summed E-state index contributed by atoms with van der Waals surface area (Å²) in [5.41, 5.74) is -0.468. The predicted octanol–water partition coefficient (Wildman–Crippen LogP) is 5.80. The molecule has 0 radical (unpaired) electrons. The molecule has 2 unspecified atom stereocenters. The second-order valence-electron chi connectivity index (χ2n) is 11.0. The zero-order valence-corrected chi connectivity index (χ0v) is 23.3. The number of rotatable bonds is 8. The molecule has 214 valence electrons. The summed E-state index contributed by atoms with van der Waals surface area (Å²) in [5, 5.41) is 21.9. The van der Waals surface area contributed by atoms with Gasteiger partial charge in [-0.3, -0.25) is 0 Å². The van der Waals surface area contributed by atoms with E-state index >= 15 is 0 Å². The van der Waals surface area contributed by atoms with Crippen LogP contribution in [0.15, 0.2) is 30.6 Å². The van der Waals surface area contributed by atoms with Gasteiger partial charge in [-0.1, -0.05) is 25.7 Å². The van der Waals surface area contributed by atoms with Crippen LogP contribution in [0.1, 0.15) is 17.5 Å². The fourth-order valence-corrected chi connectivity index (χ4v) is 5.30. The Hall–Kier alpha value is -3.70. The van der Waals surface area contributed by atoms with E-state index in [0.29, 0.717) is 29.3 Å². The van der Waals surface area contributed by atoms with Crippen molar-refractivity contribution in [2.45, 2.75) is 57.2 Å². The molecule has 4 rings (SSSR count). The van der Waals surface area contributed by atoms with E-state index in [1.807, 2.05) is 6.07 Å². The first-order chi connectivity index (χ1) is 18.7. The van der Waals surface area contributed by atoms with Gasteiger partial charge >= 0.3 is 12.3 Å². The van der Waals surface area contributed by atoms with E-state index in [-0.39, 0.29) is 37.8 Å². The van der Waals surface area contributed by atoms with Crippen molar-refractivity contribution in [2.75, 3.05) is 25.0 Å². The lowest BCUT2D eigenvalue weighted by Gasteiger charge is -2.33. The van der Waals surface area contributed by atoms with Crippen molar-refractivity contribution in [1.82, 2.24) is 19.4 Å². The summed E-state index contributed by atoms with van der Waals surface area (Å²) in [7, 11) is -1.37. The molecule has 9 nitrogen and oxygen atoms in total. The first-order valence-electron chi connectivity index (χ1n) is 12.7. The van der Waals surface area contributed by atoms with Gasteiger partial charge in [0.25, 0.3) is 0 Å². The fourth-order valence-electron chi connectivity index (χ4n) is 4.54. The zero-order valence-electron chi connectivity index (χ0n) is 22.3. The van der Waals surface area contributed by atoms with Crippen LogP contribution < -0.4 is 5.32 Å². The van der Waals surface area contributed by atoms with Gasteiger partial charge < -0.3 is 24.6 Å². The van der Waals surface area contributed by atoms with E-state index in [1.165, 1.54) is 12.3 Å². The Morgan fingerprint density at radius 2 is 2.05 bits per heavy atom. The van der Waals surface area contributed by atoms with E-state index in [4.69, 9.17) is 4.74 Å². The van der Waals surface area contributed by atoms with Crippen LogP contribution in [0.4, 0.5) is 28.3 Å². The van der Waals surface area contributed by atoms with Crippen molar-refractivity contribution in [3.63, 3.8) is 0 Å². The van der Waals surface area contributed by atoms with E-state index in [9.17, 15) is 32.7 Å². The van der Waals surface area contributed by atoms with Crippen LogP contribution in [0.3, 0.4) is 0 Å². The van der Waals surface area contributed by atoms with E-state index < -0.39 is 43.8 Å². The Labute approximate surface area is 229 Å². The summed E-state index contributed by atoms with van der Waals surface area (Å²) in [4.78, 5) is 20.3. The van der Waals surface area contributed by atoms with Crippen molar-refractivity contribution in [1.29, 1.82) is 5.26 Å². The van der Waals surface area contributed by atoms with Crippen molar-refractivity contribution in [3.8, 4) is 17.3 Å². The maximum atomic E-state index is 14.2. The van der Waals surface area contributed by atoms with E-state index in [0.717, 1.165) is 10.9 Å². The molecule has 1 amide bonds. The minimum absolute atomic E-state index is 0.0471. The number of benzene rings is 1. The first kappa shape index (κ1) is 29.3. The molecule has 2 aromatic heterocycles. The SMILES string of the molecule is C[Si](C)(C)CCOCn1cc(-c2nc(NC3CC(F)CN(C(=O)O)C3)ncc2C(F)(F)F)c2ccc(C#N)cc21. The van der Waals surface area contributed by atoms with Gasteiger partial charge in [0.05, 0.1) is 29.4 Å². The number of piperidine rings is 1. The Morgan fingerprint density at radius 3 is 2.70 bits per heavy atom. The number of carboxylic acid groups (broad SMARTS) is 1. The summed E-state index contributed by atoms with van der Waals surface area (Å²) in [5.74, 6) is -0.187. The molecule has 1 fully saturated rings. The molecule has 40 heavy (non-hydrogen) atoms. The maximum absolute atomic E-state index is 14.2. The number of nitrogens with one attached hydrogen (secondary N) is 1. The molecule has 2 N–H and O–H groups in total. The van der Waals surface area contributed by atoms with Gasteiger partial charge in [-0.15, -0.1) is 0 Å². The quantitative estimate of drug-likeness (QED) is 0.197. The zero-order chi connectivity index (χ0) is 29.2. The summed E-state index contributed by atoms with van der Waals surface area (Å²) in [6.45, 7) is 6.83. The molecule has 0 aliphatic carbocycles. The minimum Gasteiger partial charge on any atom is -0.465 e. The van der Waals surface area contributed by atoms with Crippen LogP contribution in [-0.4, -0.2) is 70.6 Å². The van der Waals surface area contributed by atoms with E-state index in [1.54, 1.807) is 16.7 Å². The Balaban J connectivity index is 1.74. The van der Waals surface area contributed by atoms with Gasteiger partial charge in [-0.25, -0.2) is 19.2 Å². The third-order valence-electron chi connectivity index (χ3n) is 6.59. The van der Waals surface area contributed by atoms with Gasteiger partial charge in [0, 0.05) is 57.0 Å². The summed E-state index contributed by atoms with van der Waals surface area (Å²) >= 11 is 0. The fraction of sp³-hybridized carbons (Fsp3) is 0.462. The molecule has 3 aromatic rings. The minimum atomic E-state index is -4.78. The van der Waals surface area contributed by atoms with Crippen LogP contribution in [0, 0.1) is 11.3 Å². The highest BCUT2D eigenvalue weighted by atomic mass is 28.3. The van der Waals surface area contributed by atoms with Crippen LogP contribution in [0.25, 0.3) is 22.2 Å². The Kier molecular flexibility index (Phi) is 8.36. The monoisotopic (exact) mass is 578 g/mol. The average molecular weight is 579 g/mol. The van der Waals surface area contributed by atoms with Crippen LogP contribution >= 0.6 is 0 Å². The third kappa shape index (κ3) is 6.89. The van der Waals surface area contributed by atoms with E-state index in [2.05, 4.69) is 34.9 Å². The number of likely N-dealkylation sites (tertiary alicyclic amines) is 1. The molecular formula is C26H30F4N6O3Si.